The van der Waals surface area contributed by atoms with E-state index >= 15 is 0 Å². The summed E-state index contributed by atoms with van der Waals surface area (Å²) in [4.78, 5) is 26.8. The van der Waals surface area contributed by atoms with E-state index in [-0.39, 0.29) is 5.56 Å². The maximum Gasteiger partial charge on any atom is 0.335 e. The van der Waals surface area contributed by atoms with Crippen molar-refractivity contribution < 1.29 is 5.11 Å². The number of nitrogens with zero attached hydrogens (tertiary/aromatic N) is 2. The number of halogens is 1. The number of hydrogen-bond acceptors (Lipinski definition) is 5. The molecule has 8 heteroatoms. The summed E-state index contributed by atoms with van der Waals surface area (Å²) in [6.07, 6.45) is 0.356. The van der Waals surface area contributed by atoms with Gasteiger partial charge in [0.2, 0.25) is 5.88 Å². The van der Waals surface area contributed by atoms with Gasteiger partial charge in [-0.2, -0.15) is 5.10 Å². The number of hydrogen-bond donors (Lipinski definition) is 3. The molecule has 7 nitrogen and oxygen atoms in total. The zero-order valence-corrected chi connectivity index (χ0v) is 15.2. The first-order valence-electron chi connectivity index (χ1n) is 8.23. The number of aromatic hydroxyl groups is 1. The Labute approximate surface area is 159 Å². The molecule has 0 bridgehead atoms. The molecule has 3 N–H and O–H groups in total. The quantitative estimate of drug-likeness (QED) is 0.465. The zero-order chi connectivity index (χ0) is 19.4. The minimum atomic E-state index is -0.755. The molecule has 0 saturated heterocycles. The number of aromatic amines is 1. The third-order valence-corrected chi connectivity index (χ3v) is 4.14. The van der Waals surface area contributed by atoms with Gasteiger partial charge in [0, 0.05) is 5.02 Å². The first-order chi connectivity index (χ1) is 13.0. The SMILES string of the molecule is CC/C(=N/Nc1ccccc1)c1c(O)n(-c2ccc(Cl)cc2)c(=O)[nH]c1=O. The molecule has 0 aliphatic heterocycles. The molecule has 0 fully saturated rings. The van der Waals surface area contributed by atoms with Crippen molar-refractivity contribution >= 4 is 23.0 Å². The van der Waals surface area contributed by atoms with Crippen molar-refractivity contribution in [2.45, 2.75) is 13.3 Å². The van der Waals surface area contributed by atoms with Crippen LogP contribution >= 0.6 is 11.6 Å². The topological polar surface area (TPSA) is 99.5 Å². The number of para-hydroxylation sites is 1. The Morgan fingerprint density at radius 3 is 2.44 bits per heavy atom. The summed E-state index contributed by atoms with van der Waals surface area (Å²) in [5.41, 5.74) is 2.71. The van der Waals surface area contributed by atoms with Crippen molar-refractivity contribution in [3.63, 3.8) is 0 Å². The number of aromatic nitrogens is 2. The lowest BCUT2D eigenvalue weighted by Crippen LogP contribution is -2.33. The van der Waals surface area contributed by atoms with Gasteiger partial charge in [-0.15, -0.1) is 0 Å². The van der Waals surface area contributed by atoms with Crippen LogP contribution in [-0.2, 0) is 0 Å². The van der Waals surface area contributed by atoms with Crippen molar-refractivity contribution in [3.05, 3.63) is 86.0 Å². The molecule has 0 unspecified atom stereocenters. The summed E-state index contributed by atoms with van der Waals surface area (Å²) >= 11 is 5.87. The first-order valence-corrected chi connectivity index (χ1v) is 8.61. The molecule has 0 saturated carbocycles. The Morgan fingerprint density at radius 2 is 1.81 bits per heavy atom. The average molecular weight is 385 g/mol. The van der Waals surface area contributed by atoms with E-state index in [9.17, 15) is 14.7 Å². The minimum absolute atomic E-state index is 0.0736. The fourth-order valence-corrected chi connectivity index (χ4v) is 2.70. The molecule has 27 heavy (non-hydrogen) atoms. The van der Waals surface area contributed by atoms with Gasteiger partial charge in [-0.05, 0) is 42.8 Å². The van der Waals surface area contributed by atoms with Gasteiger partial charge in [-0.25, -0.2) is 9.36 Å². The normalized spacial score (nSPS) is 11.4. The number of H-pyrrole nitrogens is 1. The fourth-order valence-electron chi connectivity index (χ4n) is 2.57. The van der Waals surface area contributed by atoms with Crippen LogP contribution in [0.3, 0.4) is 0 Å². The van der Waals surface area contributed by atoms with Gasteiger partial charge in [-0.3, -0.25) is 15.2 Å². The summed E-state index contributed by atoms with van der Waals surface area (Å²) in [7, 11) is 0. The van der Waals surface area contributed by atoms with Gasteiger partial charge in [0.25, 0.3) is 5.56 Å². The van der Waals surface area contributed by atoms with Crippen LogP contribution in [0.5, 0.6) is 5.88 Å². The van der Waals surface area contributed by atoms with Crippen molar-refractivity contribution in [1.82, 2.24) is 9.55 Å². The first kappa shape index (κ1) is 18.5. The van der Waals surface area contributed by atoms with Crippen LogP contribution in [0.4, 0.5) is 5.69 Å². The van der Waals surface area contributed by atoms with Gasteiger partial charge < -0.3 is 5.11 Å². The third-order valence-electron chi connectivity index (χ3n) is 3.89. The molecule has 0 atom stereocenters. The van der Waals surface area contributed by atoms with Gasteiger partial charge in [-0.1, -0.05) is 36.7 Å². The van der Waals surface area contributed by atoms with Gasteiger partial charge in [0.1, 0.15) is 5.56 Å². The smallest absolute Gasteiger partial charge is 0.335 e. The van der Waals surface area contributed by atoms with E-state index in [4.69, 9.17) is 11.6 Å². The van der Waals surface area contributed by atoms with Crippen molar-refractivity contribution in [1.29, 1.82) is 0 Å². The number of benzene rings is 2. The highest BCUT2D eigenvalue weighted by Crippen LogP contribution is 2.20. The van der Waals surface area contributed by atoms with Crippen molar-refractivity contribution in [2.24, 2.45) is 5.10 Å². The van der Waals surface area contributed by atoms with Gasteiger partial charge >= 0.3 is 5.69 Å². The number of rotatable bonds is 5. The van der Waals surface area contributed by atoms with Crippen LogP contribution in [0.25, 0.3) is 5.69 Å². The molecule has 0 spiro atoms. The van der Waals surface area contributed by atoms with Crippen LogP contribution in [-0.4, -0.2) is 20.4 Å². The van der Waals surface area contributed by atoms with E-state index < -0.39 is 17.1 Å². The van der Waals surface area contributed by atoms with Crippen LogP contribution in [0.15, 0.2) is 69.3 Å². The lowest BCUT2D eigenvalue weighted by molar-refractivity contribution is 0.429. The number of nitrogens with one attached hydrogen (secondary N) is 2. The van der Waals surface area contributed by atoms with E-state index in [2.05, 4.69) is 15.5 Å². The van der Waals surface area contributed by atoms with E-state index in [0.29, 0.717) is 22.8 Å². The highest BCUT2D eigenvalue weighted by atomic mass is 35.5. The molecule has 1 heterocycles. The lowest BCUT2D eigenvalue weighted by Gasteiger charge is -2.12. The predicted octanol–water partition coefficient (Wildman–Crippen LogP) is 3.11. The van der Waals surface area contributed by atoms with E-state index in [0.717, 1.165) is 10.3 Å². The maximum atomic E-state index is 12.4. The molecule has 0 aliphatic carbocycles. The Balaban J connectivity index is 2.11. The number of anilines is 1. The predicted molar refractivity (Wildman–Crippen MR) is 106 cm³/mol. The molecule has 0 amide bonds. The Hall–Kier alpha value is -3.32. The molecule has 1 aromatic heterocycles. The minimum Gasteiger partial charge on any atom is -0.493 e. The largest absolute Gasteiger partial charge is 0.493 e. The van der Waals surface area contributed by atoms with E-state index in [1.54, 1.807) is 31.2 Å². The highest BCUT2D eigenvalue weighted by Gasteiger charge is 2.19. The van der Waals surface area contributed by atoms with Crippen LogP contribution < -0.4 is 16.7 Å². The third kappa shape index (κ3) is 3.93. The van der Waals surface area contributed by atoms with Crippen molar-refractivity contribution in [2.75, 3.05) is 5.43 Å². The summed E-state index contributed by atoms with van der Waals surface area (Å²) in [6.45, 7) is 1.79. The zero-order valence-electron chi connectivity index (χ0n) is 14.4. The highest BCUT2D eigenvalue weighted by molar-refractivity contribution is 6.30. The van der Waals surface area contributed by atoms with E-state index in [1.807, 2.05) is 30.3 Å². The van der Waals surface area contributed by atoms with Crippen LogP contribution in [0, 0.1) is 0 Å². The molecule has 138 valence electrons. The monoisotopic (exact) mass is 384 g/mol. The number of hydrazone groups is 1. The second-order valence-corrected chi connectivity index (χ2v) is 6.10. The Bertz CT molecular complexity index is 1090. The van der Waals surface area contributed by atoms with Gasteiger partial charge in [0.05, 0.1) is 17.1 Å². The van der Waals surface area contributed by atoms with Crippen LogP contribution in [0.2, 0.25) is 5.02 Å². The Morgan fingerprint density at radius 1 is 1.15 bits per heavy atom. The lowest BCUT2D eigenvalue weighted by atomic mass is 10.1. The summed E-state index contributed by atoms with van der Waals surface area (Å²) in [5, 5.41) is 15.4. The molecular weight excluding hydrogens is 368 g/mol. The average Bonchev–Trinajstić information content (AvgIpc) is 2.66. The van der Waals surface area contributed by atoms with Gasteiger partial charge in [0.15, 0.2) is 0 Å². The van der Waals surface area contributed by atoms with Crippen LogP contribution in [0.1, 0.15) is 18.9 Å². The standard InChI is InChI=1S/C19H17ClN4O3/c1-2-15(23-22-13-6-4-3-5-7-13)16-17(25)21-19(27)24(18(16)26)14-10-8-12(20)9-11-14/h3-11,22,26H,2H2,1H3,(H,21,25,27)/b23-15-. The Kier molecular flexibility index (Phi) is 5.42. The summed E-state index contributed by atoms with van der Waals surface area (Å²) in [5.74, 6) is -0.485. The maximum absolute atomic E-state index is 12.4. The molecule has 0 radical (unpaired) electrons. The second kappa shape index (κ2) is 7.92. The second-order valence-electron chi connectivity index (χ2n) is 5.66. The molecule has 2 aromatic carbocycles. The molecule has 0 aliphatic rings. The van der Waals surface area contributed by atoms with E-state index in [1.165, 1.54) is 0 Å². The fraction of sp³-hybridized carbons (Fsp3) is 0.105. The molecule has 3 rings (SSSR count). The summed E-state index contributed by atoms with van der Waals surface area (Å²) in [6, 6.07) is 15.5. The van der Waals surface area contributed by atoms with Crippen molar-refractivity contribution in [3.8, 4) is 11.6 Å². The molecule has 3 aromatic rings. The molecular formula is C19H17ClN4O3. The summed E-state index contributed by atoms with van der Waals surface area (Å²) < 4.78 is 1.00.